The van der Waals surface area contributed by atoms with E-state index in [0.717, 1.165) is 43.2 Å². The lowest BCUT2D eigenvalue weighted by Crippen LogP contribution is -2.82. The summed E-state index contributed by atoms with van der Waals surface area (Å²) < 4.78 is 16.5. The van der Waals surface area contributed by atoms with Crippen LogP contribution in [0.1, 0.15) is 29.2 Å². The van der Waals surface area contributed by atoms with Crippen molar-refractivity contribution in [2.75, 3.05) is 13.3 Å². The molecule has 2 N–H and O–H groups in total. The number of benzene rings is 2. The van der Waals surface area contributed by atoms with Gasteiger partial charge in [0.25, 0.3) is 0 Å². The molecule has 2 aromatic carbocycles. The third kappa shape index (κ3) is 4.09. The lowest BCUT2D eigenvalue weighted by molar-refractivity contribution is -0.671. The fourth-order valence-electron chi connectivity index (χ4n) is 3.42. The predicted octanol–water partition coefficient (Wildman–Crippen LogP) is 3.49. The van der Waals surface area contributed by atoms with Gasteiger partial charge in [0.05, 0.1) is 12.8 Å². The van der Waals surface area contributed by atoms with Crippen molar-refractivity contribution in [3.8, 4) is 11.5 Å². The molecular weight excluding hydrogens is 326 g/mol. The first-order valence-corrected chi connectivity index (χ1v) is 9.16. The second-order valence-electron chi connectivity index (χ2n) is 6.66. The largest absolute Gasteiger partial charge is 0.469 e. The van der Waals surface area contributed by atoms with Gasteiger partial charge in [-0.15, -0.1) is 0 Å². The van der Waals surface area contributed by atoms with Crippen molar-refractivity contribution in [1.29, 1.82) is 0 Å². The van der Waals surface area contributed by atoms with Crippen LogP contribution < -0.4 is 14.8 Å². The van der Waals surface area contributed by atoms with Gasteiger partial charge in [-0.05, 0) is 42.3 Å². The zero-order valence-electron chi connectivity index (χ0n) is 14.8. The molecular formula is C22H24NO3+. The van der Waals surface area contributed by atoms with Gasteiger partial charge in [0.1, 0.15) is 12.3 Å². The summed E-state index contributed by atoms with van der Waals surface area (Å²) in [6.07, 6.45) is 3.85. The fourth-order valence-corrected chi connectivity index (χ4v) is 3.42. The Balaban J connectivity index is 1.32. The summed E-state index contributed by atoms with van der Waals surface area (Å²) >= 11 is 0. The molecule has 0 bridgehead atoms. The topological polar surface area (TPSA) is 48.2 Å². The monoisotopic (exact) mass is 350 g/mol. The summed E-state index contributed by atoms with van der Waals surface area (Å²) in [7, 11) is 0. The van der Waals surface area contributed by atoms with Gasteiger partial charge in [0, 0.05) is 17.9 Å². The van der Waals surface area contributed by atoms with Crippen molar-refractivity contribution in [3.63, 3.8) is 0 Å². The molecule has 3 aromatic rings. The first-order chi connectivity index (χ1) is 12.9. The Kier molecular flexibility index (Phi) is 5.22. The molecule has 0 saturated heterocycles. The van der Waals surface area contributed by atoms with E-state index in [0.29, 0.717) is 12.7 Å². The summed E-state index contributed by atoms with van der Waals surface area (Å²) in [6, 6.07) is 20.9. The van der Waals surface area contributed by atoms with Crippen molar-refractivity contribution in [2.24, 2.45) is 0 Å². The number of rotatable bonds is 8. The molecule has 4 nitrogen and oxygen atoms in total. The van der Waals surface area contributed by atoms with Crippen molar-refractivity contribution in [1.82, 2.24) is 0 Å². The standard InChI is InChI=1S/C22H23NO3/c1-2-5-17(6-3-1)13-19(20-7-4-12-24-20)10-11-23-15-18-8-9-21-22(14-18)26-16-25-21/h1-9,12,14,19,23H,10-11,13,15-16H2/p+1/t19-/m1/s1. The highest BCUT2D eigenvalue weighted by molar-refractivity contribution is 5.44. The van der Waals surface area contributed by atoms with E-state index in [2.05, 4.69) is 53.8 Å². The Labute approximate surface area is 153 Å². The average Bonchev–Trinajstić information content (AvgIpc) is 3.36. The van der Waals surface area contributed by atoms with Crippen LogP contribution in [0.5, 0.6) is 11.5 Å². The first kappa shape index (κ1) is 16.7. The van der Waals surface area contributed by atoms with Crippen molar-refractivity contribution >= 4 is 0 Å². The second kappa shape index (κ2) is 8.11. The van der Waals surface area contributed by atoms with E-state index in [1.54, 1.807) is 6.26 Å². The lowest BCUT2D eigenvalue weighted by atomic mass is 9.94. The SMILES string of the molecule is c1ccc(C[C@@H](CC[NH2+]Cc2ccc3c(c2)OCO3)c2ccco2)cc1. The van der Waals surface area contributed by atoms with E-state index in [1.807, 2.05) is 12.1 Å². The number of furan rings is 1. The molecule has 26 heavy (non-hydrogen) atoms. The minimum atomic E-state index is 0.326. The number of fused-ring (bicyclic) bond motifs is 1. The summed E-state index contributed by atoms with van der Waals surface area (Å²) in [6.45, 7) is 2.31. The van der Waals surface area contributed by atoms with Gasteiger partial charge in [-0.2, -0.15) is 0 Å². The molecule has 4 heteroatoms. The molecule has 4 rings (SSSR count). The van der Waals surface area contributed by atoms with E-state index in [1.165, 1.54) is 11.1 Å². The number of ether oxygens (including phenoxy) is 2. The van der Waals surface area contributed by atoms with Gasteiger partial charge < -0.3 is 19.2 Å². The van der Waals surface area contributed by atoms with E-state index >= 15 is 0 Å². The van der Waals surface area contributed by atoms with Gasteiger partial charge in [-0.1, -0.05) is 30.3 Å². The highest BCUT2D eigenvalue weighted by Gasteiger charge is 2.17. The molecule has 1 atom stereocenters. The van der Waals surface area contributed by atoms with Crippen LogP contribution in [0.3, 0.4) is 0 Å². The molecule has 0 aliphatic carbocycles. The molecule has 0 unspecified atom stereocenters. The van der Waals surface area contributed by atoms with Gasteiger partial charge in [-0.3, -0.25) is 0 Å². The summed E-state index contributed by atoms with van der Waals surface area (Å²) in [4.78, 5) is 0. The van der Waals surface area contributed by atoms with Crippen LogP contribution >= 0.6 is 0 Å². The summed E-state index contributed by atoms with van der Waals surface area (Å²) in [5, 5.41) is 2.35. The quantitative estimate of drug-likeness (QED) is 0.633. The molecule has 0 amide bonds. The van der Waals surface area contributed by atoms with E-state index in [4.69, 9.17) is 13.9 Å². The molecule has 0 saturated carbocycles. The van der Waals surface area contributed by atoms with Crippen LogP contribution in [0, 0.1) is 0 Å². The fraction of sp³-hybridized carbons (Fsp3) is 0.273. The second-order valence-corrected chi connectivity index (χ2v) is 6.66. The number of hydrogen-bond acceptors (Lipinski definition) is 3. The maximum absolute atomic E-state index is 5.69. The Morgan fingerprint density at radius 3 is 2.62 bits per heavy atom. The average molecular weight is 350 g/mol. The van der Waals surface area contributed by atoms with Gasteiger partial charge in [-0.25, -0.2) is 0 Å². The Bertz CT molecular complexity index is 815. The van der Waals surface area contributed by atoms with Crippen LogP contribution in [-0.2, 0) is 13.0 Å². The van der Waals surface area contributed by atoms with Crippen LogP contribution in [0.2, 0.25) is 0 Å². The van der Waals surface area contributed by atoms with Gasteiger partial charge in [0.15, 0.2) is 11.5 Å². The zero-order valence-corrected chi connectivity index (χ0v) is 14.8. The molecule has 1 aromatic heterocycles. The number of hydrogen-bond donors (Lipinski definition) is 1. The smallest absolute Gasteiger partial charge is 0.231 e. The Morgan fingerprint density at radius 2 is 1.77 bits per heavy atom. The minimum absolute atomic E-state index is 0.326. The van der Waals surface area contributed by atoms with Crippen molar-refractivity contribution in [3.05, 3.63) is 83.8 Å². The minimum Gasteiger partial charge on any atom is -0.469 e. The molecule has 134 valence electrons. The number of quaternary nitrogens is 1. The Hall–Kier alpha value is -2.72. The molecule has 2 heterocycles. The predicted molar refractivity (Wildman–Crippen MR) is 99.3 cm³/mol. The summed E-state index contributed by atoms with van der Waals surface area (Å²) in [5.41, 5.74) is 2.61. The third-order valence-corrected chi connectivity index (χ3v) is 4.81. The van der Waals surface area contributed by atoms with Gasteiger partial charge in [0.2, 0.25) is 6.79 Å². The first-order valence-electron chi connectivity index (χ1n) is 9.16. The van der Waals surface area contributed by atoms with Crippen LogP contribution in [0.25, 0.3) is 0 Å². The van der Waals surface area contributed by atoms with E-state index in [9.17, 15) is 0 Å². The molecule has 1 aliphatic heterocycles. The highest BCUT2D eigenvalue weighted by Crippen LogP contribution is 2.32. The maximum atomic E-state index is 5.69. The molecule has 1 aliphatic rings. The molecule has 0 radical (unpaired) electrons. The van der Waals surface area contributed by atoms with Crippen LogP contribution in [0.15, 0.2) is 71.3 Å². The summed E-state index contributed by atoms with van der Waals surface area (Å²) in [5.74, 6) is 3.17. The Morgan fingerprint density at radius 1 is 0.885 bits per heavy atom. The highest BCUT2D eigenvalue weighted by atomic mass is 16.7. The van der Waals surface area contributed by atoms with Crippen LogP contribution in [0.4, 0.5) is 0 Å². The van der Waals surface area contributed by atoms with Crippen molar-refractivity contribution in [2.45, 2.75) is 25.3 Å². The third-order valence-electron chi connectivity index (χ3n) is 4.81. The number of nitrogens with two attached hydrogens (primary N) is 1. The van der Waals surface area contributed by atoms with E-state index < -0.39 is 0 Å². The molecule has 0 spiro atoms. The lowest BCUT2D eigenvalue weighted by Gasteiger charge is -2.14. The normalized spacial score (nSPS) is 13.7. The zero-order chi connectivity index (χ0) is 17.6. The van der Waals surface area contributed by atoms with Gasteiger partial charge >= 0.3 is 0 Å². The van der Waals surface area contributed by atoms with E-state index in [-0.39, 0.29) is 0 Å². The maximum Gasteiger partial charge on any atom is 0.231 e. The van der Waals surface area contributed by atoms with Crippen LogP contribution in [-0.4, -0.2) is 13.3 Å². The van der Waals surface area contributed by atoms with Crippen molar-refractivity contribution < 1.29 is 19.2 Å². The molecule has 0 fully saturated rings.